The standard InChI is InChI=1S/C16H13ClN2O2/c17-13-8-9-15(20)14(11-13)16(21)19-18-10-4-7-12-5-2-1-3-6-12/h1-11,20H,(H,19,21)/b7-4-,18-10?. The lowest BCUT2D eigenvalue weighted by atomic mass is 10.2. The molecule has 0 heterocycles. The van der Waals surface area contributed by atoms with Crippen LogP contribution in [0.25, 0.3) is 6.08 Å². The summed E-state index contributed by atoms with van der Waals surface area (Å²) >= 11 is 5.77. The second-order valence-electron chi connectivity index (χ2n) is 4.15. The van der Waals surface area contributed by atoms with Gasteiger partial charge >= 0.3 is 0 Å². The highest BCUT2D eigenvalue weighted by Gasteiger charge is 2.10. The maximum Gasteiger partial charge on any atom is 0.275 e. The normalized spacial score (nSPS) is 11.1. The number of hydrogen-bond acceptors (Lipinski definition) is 3. The van der Waals surface area contributed by atoms with E-state index in [1.807, 2.05) is 36.4 Å². The predicted molar refractivity (Wildman–Crippen MR) is 84.6 cm³/mol. The highest BCUT2D eigenvalue weighted by molar-refractivity contribution is 6.31. The lowest BCUT2D eigenvalue weighted by Gasteiger charge is -2.02. The molecule has 0 fully saturated rings. The van der Waals surface area contributed by atoms with Crippen LogP contribution in [0.1, 0.15) is 15.9 Å². The summed E-state index contributed by atoms with van der Waals surface area (Å²) in [7, 11) is 0. The molecule has 2 aromatic carbocycles. The molecule has 0 saturated heterocycles. The van der Waals surface area contributed by atoms with Crippen LogP contribution in [-0.4, -0.2) is 17.2 Å². The van der Waals surface area contributed by atoms with Crippen molar-refractivity contribution in [2.75, 3.05) is 0 Å². The van der Waals surface area contributed by atoms with E-state index in [1.165, 1.54) is 24.4 Å². The molecular formula is C16H13ClN2O2. The Morgan fingerprint density at radius 2 is 1.95 bits per heavy atom. The molecule has 5 heteroatoms. The molecule has 2 rings (SSSR count). The van der Waals surface area contributed by atoms with Gasteiger partial charge in [0.2, 0.25) is 0 Å². The Morgan fingerprint density at radius 3 is 2.71 bits per heavy atom. The Morgan fingerprint density at radius 1 is 1.19 bits per heavy atom. The largest absolute Gasteiger partial charge is 0.507 e. The Balaban J connectivity index is 1.93. The van der Waals surface area contributed by atoms with E-state index in [-0.39, 0.29) is 11.3 Å². The molecule has 2 aromatic rings. The minimum absolute atomic E-state index is 0.0756. The third-order valence-corrected chi connectivity index (χ3v) is 2.85. The van der Waals surface area contributed by atoms with Crippen LogP contribution in [0.4, 0.5) is 0 Å². The first-order valence-electron chi connectivity index (χ1n) is 6.20. The zero-order valence-corrected chi connectivity index (χ0v) is 11.8. The third kappa shape index (κ3) is 4.47. The van der Waals surface area contributed by atoms with E-state index >= 15 is 0 Å². The number of amides is 1. The van der Waals surface area contributed by atoms with Crippen LogP contribution in [0.3, 0.4) is 0 Å². The number of nitrogens with one attached hydrogen (secondary N) is 1. The Labute approximate surface area is 127 Å². The molecule has 1 amide bonds. The smallest absolute Gasteiger partial charge is 0.275 e. The quantitative estimate of drug-likeness (QED) is 0.671. The number of hydrazone groups is 1. The molecule has 0 aliphatic heterocycles. The summed E-state index contributed by atoms with van der Waals surface area (Å²) < 4.78 is 0. The highest BCUT2D eigenvalue weighted by Crippen LogP contribution is 2.21. The van der Waals surface area contributed by atoms with Crippen LogP contribution in [0.5, 0.6) is 5.75 Å². The van der Waals surface area contributed by atoms with Crippen molar-refractivity contribution >= 4 is 29.8 Å². The summed E-state index contributed by atoms with van der Waals surface area (Å²) in [6, 6.07) is 13.9. The van der Waals surface area contributed by atoms with E-state index in [1.54, 1.807) is 6.08 Å². The third-order valence-electron chi connectivity index (χ3n) is 2.62. The minimum atomic E-state index is -0.528. The maximum absolute atomic E-state index is 11.8. The van der Waals surface area contributed by atoms with Gasteiger partial charge in [-0.15, -0.1) is 0 Å². The van der Waals surface area contributed by atoms with Gasteiger partial charge < -0.3 is 5.11 Å². The molecule has 106 valence electrons. The lowest BCUT2D eigenvalue weighted by Crippen LogP contribution is -2.17. The van der Waals surface area contributed by atoms with E-state index in [0.29, 0.717) is 5.02 Å². The molecular weight excluding hydrogens is 288 g/mol. The van der Waals surface area contributed by atoms with Crippen LogP contribution in [0, 0.1) is 0 Å². The highest BCUT2D eigenvalue weighted by atomic mass is 35.5. The average molecular weight is 301 g/mol. The second-order valence-corrected chi connectivity index (χ2v) is 4.59. The number of phenols is 1. The molecule has 0 aliphatic carbocycles. The Bertz CT molecular complexity index is 682. The zero-order chi connectivity index (χ0) is 15.1. The summed E-state index contributed by atoms with van der Waals surface area (Å²) in [6.45, 7) is 0. The fourth-order valence-electron chi connectivity index (χ4n) is 1.61. The van der Waals surface area contributed by atoms with Gasteiger partial charge in [-0.25, -0.2) is 5.43 Å². The fourth-order valence-corrected chi connectivity index (χ4v) is 1.78. The first kappa shape index (κ1) is 14.8. The summed E-state index contributed by atoms with van der Waals surface area (Å²) in [5.41, 5.74) is 3.42. The number of carbonyl (C=O) groups excluding carboxylic acids is 1. The van der Waals surface area contributed by atoms with Crippen LogP contribution in [-0.2, 0) is 0 Å². The van der Waals surface area contributed by atoms with Gasteiger partial charge in [0, 0.05) is 11.2 Å². The van der Waals surface area contributed by atoms with Crippen molar-refractivity contribution < 1.29 is 9.90 Å². The van der Waals surface area contributed by atoms with Gasteiger partial charge in [0.1, 0.15) is 5.75 Å². The number of rotatable bonds is 4. The molecule has 0 aromatic heterocycles. The fraction of sp³-hybridized carbons (Fsp3) is 0. The first-order chi connectivity index (χ1) is 10.2. The van der Waals surface area contributed by atoms with Gasteiger partial charge in [0.25, 0.3) is 5.91 Å². The molecule has 0 saturated carbocycles. The van der Waals surface area contributed by atoms with Gasteiger partial charge in [0.05, 0.1) is 5.56 Å². The number of halogens is 1. The first-order valence-corrected chi connectivity index (χ1v) is 6.58. The maximum atomic E-state index is 11.8. The van der Waals surface area contributed by atoms with E-state index in [0.717, 1.165) is 5.56 Å². The molecule has 0 unspecified atom stereocenters. The molecule has 0 spiro atoms. The minimum Gasteiger partial charge on any atom is -0.507 e. The Hall–Kier alpha value is -2.59. The number of allylic oxidation sites excluding steroid dienone is 1. The van der Waals surface area contributed by atoms with Crippen molar-refractivity contribution in [1.82, 2.24) is 5.43 Å². The second kappa shape index (κ2) is 7.26. The average Bonchev–Trinajstić information content (AvgIpc) is 2.50. The number of benzene rings is 2. The van der Waals surface area contributed by atoms with Crippen LogP contribution >= 0.6 is 11.6 Å². The van der Waals surface area contributed by atoms with Crippen molar-refractivity contribution in [2.24, 2.45) is 5.10 Å². The molecule has 0 atom stereocenters. The SMILES string of the molecule is O=C(NN=C/C=C\c1ccccc1)c1cc(Cl)ccc1O. The molecule has 4 nitrogen and oxygen atoms in total. The van der Waals surface area contributed by atoms with E-state index in [2.05, 4.69) is 10.5 Å². The van der Waals surface area contributed by atoms with E-state index in [4.69, 9.17) is 11.6 Å². The lowest BCUT2D eigenvalue weighted by molar-refractivity contribution is 0.0952. The number of aromatic hydroxyl groups is 1. The molecule has 0 aliphatic rings. The Kier molecular flexibility index (Phi) is 5.12. The van der Waals surface area contributed by atoms with E-state index < -0.39 is 5.91 Å². The van der Waals surface area contributed by atoms with Gasteiger partial charge in [0.15, 0.2) is 0 Å². The number of nitrogens with zero attached hydrogens (tertiary/aromatic N) is 1. The van der Waals surface area contributed by atoms with E-state index in [9.17, 15) is 9.90 Å². The molecule has 2 N–H and O–H groups in total. The number of phenolic OH excluding ortho intramolecular Hbond substituents is 1. The summed E-state index contributed by atoms with van der Waals surface area (Å²) in [6.07, 6.45) is 5.01. The molecule has 21 heavy (non-hydrogen) atoms. The monoisotopic (exact) mass is 300 g/mol. The predicted octanol–water partition coefficient (Wildman–Crippen LogP) is 3.47. The van der Waals surface area contributed by atoms with Crippen molar-refractivity contribution in [2.45, 2.75) is 0 Å². The van der Waals surface area contributed by atoms with Crippen LogP contribution < -0.4 is 5.43 Å². The summed E-state index contributed by atoms with van der Waals surface area (Å²) in [4.78, 5) is 11.8. The van der Waals surface area contributed by atoms with Gasteiger partial charge in [-0.3, -0.25) is 4.79 Å². The van der Waals surface area contributed by atoms with Gasteiger partial charge in [-0.1, -0.05) is 48.0 Å². The van der Waals surface area contributed by atoms with Crippen molar-refractivity contribution in [3.8, 4) is 5.75 Å². The number of carbonyl (C=O) groups is 1. The molecule has 0 radical (unpaired) electrons. The zero-order valence-electron chi connectivity index (χ0n) is 11.0. The topological polar surface area (TPSA) is 61.7 Å². The van der Waals surface area contributed by atoms with Crippen LogP contribution in [0.2, 0.25) is 5.02 Å². The summed E-state index contributed by atoms with van der Waals surface area (Å²) in [5.74, 6) is -0.675. The number of hydrogen-bond donors (Lipinski definition) is 2. The van der Waals surface area contributed by atoms with Crippen LogP contribution in [0.15, 0.2) is 59.7 Å². The van der Waals surface area contributed by atoms with Crippen molar-refractivity contribution in [3.63, 3.8) is 0 Å². The summed E-state index contributed by atoms with van der Waals surface area (Å²) in [5, 5.41) is 13.7. The molecule has 0 bridgehead atoms. The van der Waals surface area contributed by atoms with Gasteiger partial charge in [-0.05, 0) is 29.8 Å². The van der Waals surface area contributed by atoms with Crippen molar-refractivity contribution in [3.05, 3.63) is 70.8 Å². The van der Waals surface area contributed by atoms with Gasteiger partial charge in [-0.2, -0.15) is 5.10 Å². The van der Waals surface area contributed by atoms with Crippen molar-refractivity contribution in [1.29, 1.82) is 0 Å².